The molecule has 0 aliphatic rings. The molecule has 0 bridgehead atoms. The van der Waals surface area contributed by atoms with E-state index in [0.29, 0.717) is 0 Å². The Hall–Kier alpha value is -1.28. The summed E-state index contributed by atoms with van der Waals surface area (Å²) in [5.74, 6) is -0.545. The maximum Gasteiger partial charge on any atom is 0.411 e. The Kier molecular flexibility index (Phi) is 4.81. The van der Waals surface area contributed by atoms with Crippen LogP contribution in [-0.2, 0) is 14.6 Å². The Balaban J connectivity index is 2.66. The summed E-state index contributed by atoms with van der Waals surface area (Å²) in [7, 11) is -3.74. The third-order valence-electron chi connectivity index (χ3n) is 2.26. The van der Waals surface area contributed by atoms with Gasteiger partial charge in [0.05, 0.1) is 22.9 Å². The van der Waals surface area contributed by atoms with E-state index in [4.69, 9.17) is 5.73 Å². The van der Waals surface area contributed by atoms with Crippen molar-refractivity contribution in [2.75, 3.05) is 24.7 Å². The first kappa shape index (κ1) is 15.8. The molecule has 108 valence electrons. The van der Waals surface area contributed by atoms with E-state index < -0.39 is 35.0 Å². The van der Waals surface area contributed by atoms with Crippen molar-refractivity contribution in [1.29, 1.82) is 0 Å². The van der Waals surface area contributed by atoms with Crippen molar-refractivity contribution < 1.29 is 26.3 Å². The van der Waals surface area contributed by atoms with Crippen LogP contribution < -0.4 is 5.73 Å². The SMILES string of the molecule is Cc1ccc(S(=O)(=O)CCOCC(F)(F)F)c(N)c1. The molecule has 1 aromatic rings. The van der Waals surface area contributed by atoms with Gasteiger partial charge in [0.15, 0.2) is 9.84 Å². The van der Waals surface area contributed by atoms with Crippen LogP contribution in [0.1, 0.15) is 5.56 Å². The highest BCUT2D eigenvalue weighted by Crippen LogP contribution is 2.21. The van der Waals surface area contributed by atoms with Gasteiger partial charge in [-0.15, -0.1) is 0 Å². The number of rotatable bonds is 5. The molecule has 0 amide bonds. The zero-order valence-corrected chi connectivity index (χ0v) is 11.0. The summed E-state index contributed by atoms with van der Waals surface area (Å²) in [4.78, 5) is -0.0892. The molecule has 0 unspecified atom stereocenters. The number of benzene rings is 1. The van der Waals surface area contributed by atoms with Gasteiger partial charge in [0.2, 0.25) is 0 Å². The quantitative estimate of drug-likeness (QED) is 0.666. The van der Waals surface area contributed by atoms with Crippen LogP contribution in [0.2, 0.25) is 0 Å². The molecule has 4 nitrogen and oxygen atoms in total. The zero-order valence-electron chi connectivity index (χ0n) is 10.2. The maximum atomic E-state index is 11.8. The molecule has 0 fully saturated rings. The van der Waals surface area contributed by atoms with E-state index in [2.05, 4.69) is 4.74 Å². The summed E-state index contributed by atoms with van der Waals surface area (Å²) in [5.41, 5.74) is 6.46. The number of alkyl halides is 3. The van der Waals surface area contributed by atoms with E-state index in [1.165, 1.54) is 12.1 Å². The molecule has 1 rings (SSSR count). The van der Waals surface area contributed by atoms with Crippen LogP contribution in [0.5, 0.6) is 0 Å². The fourth-order valence-electron chi connectivity index (χ4n) is 1.42. The second-order valence-corrected chi connectivity index (χ2v) is 6.11. The zero-order chi connectivity index (χ0) is 14.7. The van der Waals surface area contributed by atoms with Gasteiger partial charge in [0.25, 0.3) is 0 Å². The van der Waals surface area contributed by atoms with E-state index in [-0.39, 0.29) is 10.6 Å². The highest BCUT2D eigenvalue weighted by atomic mass is 32.2. The number of halogens is 3. The van der Waals surface area contributed by atoms with E-state index >= 15 is 0 Å². The normalized spacial score (nSPS) is 12.6. The minimum atomic E-state index is -4.47. The van der Waals surface area contributed by atoms with Crippen LogP contribution in [0.25, 0.3) is 0 Å². The predicted molar refractivity (Wildman–Crippen MR) is 64.5 cm³/mol. The number of nitrogen functional groups attached to an aromatic ring is 1. The summed E-state index contributed by atoms with van der Waals surface area (Å²) < 4.78 is 63.4. The van der Waals surface area contributed by atoms with Crippen molar-refractivity contribution in [3.05, 3.63) is 23.8 Å². The Morgan fingerprint density at radius 3 is 2.47 bits per heavy atom. The van der Waals surface area contributed by atoms with Gasteiger partial charge in [-0.2, -0.15) is 13.2 Å². The van der Waals surface area contributed by atoms with E-state index in [1.54, 1.807) is 13.0 Å². The molecule has 0 radical (unpaired) electrons. The molecule has 8 heteroatoms. The molecule has 19 heavy (non-hydrogen) atoms. The minimum absolute atomic E-state index is 0.0795. The van der Waals surface area contributed by atoms with Gasteiger partial charge < -0.3 is 10.5 Å². The molecular weight excluding hydrogens is 283 g/mol. The van der Waals surface area contributed by atoms with E-state index in [0.717, 1.165) is 5.56 Å². The third-order valence-corrected chi connectivity index (χ3v) is 4.01. The van der Waals surface area contributed by atoms with Crippen molar-refractivity contribution >= 4 is 15.5 Å². The lowest BCUT2D eigenvalue weighted by Crippen LogP contribution is -2.21. The number of hydrogen-bond donors (Lipinski definition) is 1. The highest BCUT2D eigenvalue weighted by Gasteiger charge is 2.28. The van der Waals surface area contributed by atoms with Gasteiger partial charge >= 0.3 is 6.18 Å². The van der Waals surface area contributed by atoms with Crippen molar-refractivity contribution in [3.63, 3.8) is 0 Å². The lowest BCUT2D eigenvalue weighted by molar-refractivity contribution is -0.172. The number of hydrogen-bond acceptors (Lipinski definition) is 4. The number of ether oxygens (including phenoxy) is 1. The molecule has 2 N–H and O–H groups in total. The van der Waals surface area contributed by atoms with Gasteiger partial charge in [-0.1, -0.05) is 6.07 Å². The summed E-state index contributed by atoms with van der Waals surface area (Å²) in [6, 6.07) is 4.40. The fraction of sp³-hybridized carbons (Fsp3) is 0.455. The molecule has 0 atom stereocenters. The summed E-state index contributed by atoms with van der Waals surface area (Å²) >= 11 is 0. The molecule has 0 spiro atoms. The lowest BCUT2D eigenvalue weighted by atomic mass is 10.2. The van der Waals surface area contributed by atoms with Crippen LogP contribution in [0.4, 0.5) is 18.9 Å². The van der Waals surface area contributed by atoms with Crippen molar-refractivity contribution in [3.8, 4) is 0 Å². The predicted octanol–water partition coefficient (Wildman–Crippen LogP) is 1.93. The summed E-state index contributed by atoms with van der Waals surface area (Å²) in [6.45, 7) is -0.250. The van der Waals surface area contributed by atoms with Crippen molar-refractivity contribution in [2.45, 2.75) is 18.0 Å². The Labute approximate surface area is 109 Å². The average Bonchev–Trinajstić information content (AvgIpc) is 2.22. The summed E-state index contributed by atoms with van der Waals surface area (Å²) in [6.07, 6.45) is -4.47. The smallest absolute Gasteiger partial charge is 0.398 e. The Morgan fingerprint density at radius 2 is 1.95 bits per heavy atom. The van der Waals surface area contributed by atoms with Gasteiger partial charge in [-0.05, 0) is 24.6 Å². The Morgan fingerprint density at radius 1 is 1.32 bits per heavy atom. The molecule has 0 heterocycles. The number of nitrogens with two attached hydrogens (primary N) is 1. The Bertz CT molecular complexity index is 541. The van der Waals surface area contributed by atoms with Crippen LogP contribution >= 0.6 is 0 Å². The van der Waals surface area contributed by atoms with Crippen LogP contribution in [0, 0.1) is 6.92 Å². The van der Waals surface area contributed by atoms with Gasteiger partial charge in [-0.25, -0.2) is 8.42 Å². The molecular formula is C11H14F3NO3S. The molecule has 0 saturated heterocycles. The molecule has 0 saturated carbocycles. The number of sulfone groups is 1. The fourth-order valence-corrected chi connectivity index (χ4v) is 2.67. The maximum absolute atomic E-state index is 11.8. The second kappa shape index (κ2) is 5.79. The first-order valence-electron chi connectivity index (χ1n) is 5.35. The standard InChI is InChI=1S/C11H14F3NO3S/c1-8-2-3-10(9(15)6-8)19(16,17)5-4-18-7-11(12,13)14/h2-3,6H,4-5,7,15H2,1H3. The van der Waals surface area contributed by atoms with Gasteiger partial charge in [0, 0.05) is 0 Å². The van der Waals surface area contributed by atoms with Crippen LogP contribution in [0.15, 0.2) is 23.1 Å². The van der Waals surface area contributed by atoms with Gasteiger partial charge in [-0.3, -0.25) is 0 Å². The largest absolute Gasteiger partial charge is 0.411 e. The third kappa shape index (κ3) is 5.07. The van der Waals surface area contributed by atoms with Crippen molar-refractivity contribution in [2.24, 2.45) is 0 Å². The first-order valence-corrected chi connectivity index (χ1v) is 7.00. The number of anilines is 1. The number of aryl methyl sites for hydroxylation is 1. The minimum Gasteiger partial charge on any atom is -0.398 e. The molecule has 0 aliphatic carbocycles. The van der Waals surface area contributed by atoms with Crippen LogP contribution in [-0.4, -0.2) is 33.6 Å². The van der Waals surface area contributed by atoms with Crippen molar-refractivity contribution in [1.82, 2.24) is 0 Å². The lowest BCUT2D eigenvalue weighted by Gasteiger charge is -2.10. The highest BCUT2D eigenvalue weighted by molar-refractivity contribution is 7.91. The molecule has 1 aromatic carbocycles. The summed E-state index contributed by atoms with van der Waals surface area (Å²) in [5, 5.41) is 0. The first-order chi connectivity index (χ1) is 8.62. The van der Waals surface area contributed by atoms with E-state index in [9.17, 15) is 21.6 Å². The average molecular weight is 297 g/mol. The monoisotopic (exact) mass is 297 g/mol. The topological polar surface area (TPSA) is 69.4 Å². The van der Waals surface area contributed by atoms with E-state index in [1.807, 2.05) is 0 Å². The van der Waals surface area contributed by atoms with Gasteiger partial charge in [0.1, 0.15) is 6.61 Å². The van der Waals surface area contributed by atoms with Crippen LogP contribution in [0.3, 0.4) is 0 Å². The second-order valence-electron chi connectivity index (χ2n) is 4.03. The molecule has 0 aromatic heterocycles. The molecule has 0 aliphatic heterocycles.